The van der Waals surface area contributed by atoms with Gasteiger partial charge in [-0.05, 0) is 92.3 Å². The Bertz CT molecular complexity index is 1430. The first kappa shape index (κ1) is 24.2. The zero-order valence-corrected chi connectivity index (χ0v) is 22.5. The first-order chi connectivity index (χ1) is 18.0. The highest BCUT2D eigenvalue weighted by Gasteiger charge is 2.31. The summed E-state index contributed by atoms with van der Waals surface area (Å²) < 4.78 is 2.52. The highest BCUT2D eigenvalue weighted by Crippen LogP contribution is 2.30. The zero-order valence-electron chi connectivity index (χ0n) is 20.9. The predicted octanol–water partition coefficient (Wildman–Crippen LogP) is 4.31. The van der Waals surface area contributed by atoms with E-state index in [1.807, 2.05) is 28.9 Å². The van der Waals surface area contributed by atoms with Gasteiger partial charge in [-0.2, -0.15) is 10.1 Å². The van der Waals surface area contributed by atoms with Crippen molar-refractivity contribution in [3.63, 3.8) is 0 Å². The van der Waals surface area contributed by atoms with Gasteiger partial charge in [-0.15, -0.1) is 0 Å². The second-order valence-electron chi connectivity index (χ2n) is 10.2. The lowest BCUT2D eigenvalue weighted by molar-refractivity contribution is -0.125. The second kappa shape index (κ2) is 10.3. The van der Waals surface area contributed by atoms with E-state index in [4.69, 9.17) is 4.98 Å². The van der Waals surface area contributed by atoms with Gasteiger partial charge in [-0.1, -0.05) is 6.07 Å². The van der Waals surface area contributed by atoms with E-state index in [-0.39, 0.29) is 17.9 Å². The van der Waals surface area contributed by atoms with Gasteiger partial charge in [0.2, 0.25) is 11.9 Å². The molecule has 4 heterocycles. The molecule has 1 aliphatic carbocycles. The third kappa shape index (κ3) is 5.04. The van der Waals surface area contributed by atoms with Crippen LogP contribution in [-0.2, 0) is 4.79 Å². The summed E-state index contributed by atoms with van der Waals surface area (Å²) in [6, 6.07) is 10.6. The number of hydrogen-bond acceptors (Lipinski definition) is 7. The number of aromatic nitrogens is 5. The molecule has 2 aliphatic rings. The molecule has 0 bridgehead atoms. The van der Waals surface area contributed by atoms with Crippen LogP contribution in [-0.4, -0.2) is 67.3 Å². The molecule has 9 nitrogen and oxygen atoms in total. The number of rotatable bonds is 7. The number of halogens is 1. The van der Waals surface area contributed by atoms with E-state index < -0.39 is 0 Å². The molecule has 3 atom stereocenters. The highest BCUT2D eigenvalue weighted by molar-refractivity contribution is 9.10. The molecule has 37 heavy (non-hydrogen) atoms. The fraction of sp³-hybridized carbons (Fsp3) is 0.444. The predicted molar refractivity (Wildman–Crippen MR) is 148 cm³/mol. The molecule has 1 unspecified atom stereocenters. The maximum atomic E-state index is 12.8. The van der Waals surface area contributed by atoms with Crippen molar-refractivity contribution in [1.82, 2.24) is 34.9 Å². The van der Waals surface area contributed by atoms with Gasteiger partial charge in [-0.25, -0.2) is 9.67 Å². The molecule has 3 aromatic heterocycles. The quantitative estimate of drug-likeness (QED) is 0.346. The Balaban J connectivity index is 1.13. The third-order valence-electron chi connectivity index (χ3n) is 7.68. The molecule has 0 spiro atoms. The zero-order chi connectivity index (χ0) is 25.4. The van der Waals surface area contributed by atoms with Gasteiger partial charge < -0.3 is 10.6 Å². The van der Waals surface area contributed by atoms with E-state index in [2.05, 4.69) is 59.5 Å². The van der Waals surface area contributed by atoms with Crippen molar-refractivity contribution in [3.05, 3.63) is 47.3 Å². The van der Waals surface area contributed by atoms with E-state index in [1.165, 1.54) is 12.8 Å². The van der Waals surface area contributed by atoms with Gasteiger partial charge in [-0.3, -0.25) is 14.7 Å². The summed E-state index contributed by atoms with van der Waals surface area (Å²) in [5.41, 5.74) is 2.56. The summed E-state index contributed by atoms with van der Waals surface area (Å²) in [5.74, 6) is 0.745. The van der Waals surface area contributed by atoms with Crippen LogP contribution in [0.4, 0.5) is 5.95 Å². The number of benzene rings is 1. The van der Waals surface area contributed by atoms with Crippen LogP contribution in [0.5, 0.6) is 0 Å². The van der Waals surface area contributed by atoms with E-state index in [9.17, 15) is 4.79 Å². The molecule has 1 aliphatic heterocycles. The fourth-order valence-corrected chi connectivity index (χ4v) is 5.99. The normalized spacial score (nSPS) is 21.0. The van der Waals surface area contributed by atoms with Crippen molar-refractivity contribution in [2.45, 2.75) is 51.1 Å². The number of nitrogens with one attached hydrogen (secondary N) is 2. The van der Waals surface area contributed by atoms with E-state index in [0.29, 0.717) is 16.6 Å². The number of pyridine rings is 1. The summed E-state index contributed by atoms with van der Waals surface area (Å²) in [7, 11) is 0. The van der Waals surface area contributed by atoms with E-state index >= 15 is 0 Å². The standard InChI is InChI=1S/C27H31BrN8O/c1-17(35-11-2-3-12-35)15-30-26(37)19-6-7-20(13-19)32-27-31-16-22-24(28)34-36(25(22)33-27)21-8-9-23-18(14-21)5-4-10-29-23/h4-5,8-10,14,16-17,19-20H,2-3,6-7,11-13,15H2,1H3,(H,30,37)(H,31,32,33)/t17?,19-,20-/m1/s1. The number of likely N-dealkylation sites (tertiary alicyclic amines) is 1. The SMILES string of the molecule is CC(CNC(=O)[C@@H]1CC[C@@H](Nc2ncc3c(Br)nn(-c4ccc5ncccc5c4)c3n2)C1)N1CCCC1. The van der Waals surface area contributed by atoms with Crippen molar-refractivity contribution in [2.24, 2.45) is 5.92 Å². The molecule has 1 amide bonds. The lowest BCUT2D eigenvalue weighted by Crippen LogP contribution is -2.42. The van der Waals surface area contributed by atoms with Crippen LogP contribution >= 0.6 is 15.9 Å². The van der Waals surface area contributed by atoms with Gasteiger partial charge in [0.15, 0.2) is 5.65 Å². The molecule has 1 saturated heterocycles. The van der Waals surface area contributed by atoms with Gasteiger partial charge in [0.05, 0.1) is 16.6 Å². The molecular weight excluding hydrogens is 532 g/mol. The van der Waals surface area contributed by atoms with Gasteiger partial charge in [0.25, 0.3) is 0 Å². The molecule has 6 rings (SSSR count). The molecular formula is C27H31BrN8O. The Kier molecular flexibility index (Phi) is 6.77. The number of amides is 1. The van der Waals surface area contributed by atoms with Crippen LogP contribution in [0.3, 0.4) is 0 Å². The number of fused-ring (bicyclic) bond motifs is 2. The minimum Gasteiger partial charge on any atom is -0.354 e. The van der Waals surface area contributed by atoms with Crippen molar-refractivity contribution in [1.29, 1.82) is 0 Å². The molecule has 0 radical (unpaired) electrons. The topological polar surface area (TPSA) is 101 Å². The Hall–Kier alpha value is -3.11. The van der Waals surface area contributed by atoms with Gasteiger partial charge in [0.1, 0.15) is 4.60 Å². The Morgan fingerprint density at radius 1 is 1.19 bits per heavy atom. The summed E-state index contributed by atoms with van der Waals surface area (Å²) in [6.45, 7) is 5.21. The summed E-state index contributed by atoms with van der Waals surface area (Å²) >= 11 is 3.56. The molecule has 192 valence electrons. The number of anilines is 1. The third-order valence-corrected chi connectivity index (χ3v) is 8.27. The van der Waals surface area contributed by atoms with Crippen LogP contribution in [0.15, 0.2) is 47.3 Å². The molecule has 2 fully saturated rings. The van der Waals surface area contributed by atoms with Crippen molar-refractivity contribution >= 4 is 49.7 Å². The van der Waals surface area contributed by atoms with Gasteiger partial charge >= 0.3 is 0 Å². The molecule has 1 aromatic carbocycles. The Morgan fingerprint density at radius 2 is 2.05 bits per heavy atom. The number of hydrogen-bond donors (Lipinski definition) is 2. The monoisotopic (exact) mass is 562 g/mol. The van der Waals surface area contributed by atoms with E-state index in [0.717, 1.165) is 66.5 Å². The van der Waals surface area contributed by atoms with Crippen molar-refractivity contribution < 1.29 is 4.79 Å². The van der Waals surface area contributed by atoms with Crippen molar-refractivity contribution in [2.75, 3.05) is 25.0 Å². The first-order valence-electron chi connectivity index (χ1n) is 13.1. The lowest BCUT2D eigenvalue weighted by Gasteiger charge is -2.24. The van der Waals surface area contributed by atoms with Crippen LogP contribution in [0, 0.1) is 5.92 Å². The molecule has 4 aromatic rings. The molecule has 2 N–H and O–H groups in total. The van der Waals surface area contributed by atoms with E-state index in [1.54, 1.807) is 12.4 Å². The number of carbonyl (C=O) groups excluding carboxylic acids is 1. The molecule has 1 saturated carbocycles. The summed E-state index contributed by atoms with van der Waals surface area (Å²) in [5, 5.41) is 13.2. The van der Waals surface area contributed by atoms with Crippen LogP contribution in [0.1, 0.15) is 39.0 Å². The molecule has 10 heteroatoms. The Labute approximate surface area is 224 Å². The maximum absolute atomic E-state index is 12.8. The average Bonchev–Trinajstić information content (AvgIpc) is 3.68. The highest BCUT2D eigenvalue weighted by atomic mass is 79.9. The van der Waals surface area contributed by atoms with Crippen LogP contribution in [0.2, 0.25) is 0 Å². The number of nitrogens with zero attached hydrogens (tertiary/aromatic N) is 6. The Morgan fingerprint density at radius 3 is 2.92 bits per heavy atom. The van der Waals surface area contributed by atoms with Crippen LogP contribution in [0.25, 0.3) is 27.6 Å². The summed E-state index contributed by atoms with van der Waals surface area (Å²) in [6.07, 6.45) is 8.69. The second-order valence-corrected chi connectivity index (χ2v) is 11.0. The lowest BCUT2D eigenvalue weighted by atomic mass is 10.1. The smallest absolute Gasteiger partial charge is 0.224 e. The minimum atomic E-state index is 0.0258. The fourth-order valence-electron chi connectivity index (χ4n) is 5.55. The average molecular weight is 564 g/mol. The number of carbonyl (C=O) groups is 1. The summed E-state index contributed by atoms with van der Waals surface area (Å²) in [4.78, 5) is 29.1. The largest absolute Gasteiger partial charge is 0.354 e. The maximum Gasteiger partial charge on any atom is 0.224 e. The van der Waals surface area contributed by atoms with Crippen molar-refractivity contribution in [3.8, 4) is 5.69 Å². The minimum absolute atomic E-state index is 0.0258. The first-order valence-corrected chi connectivity index (χ1v) is 13.9. The van der Waals surface area contributed by atoms with Gasteiger partial charge in [0, 0.05) is 42.3 Å². The van der Waals surface area contributed by atoms with Crippen LogP contribution < -0.4 is 10.6 Å².